The highest BCUT2D eigenvalue weighted by atomic mass is 16.2. The van der Waals surface area contributed by atoms with Gasteiger partial charge in [-0.15, -0.1) is 0 Å². The van der Waals surface area contributed by atoms with E-state index in [0.717, 1.165) is 32.6 Å². The first-order chi connectivity index (χ1) is 6.65. The third-order valence-corrected chi connectivity index (χ3v) is 2.35. The Balaban J connectivity index is 2.08. The van der Waals surface area contributed by atoms with Gasteiger partial charge in [0.2, 0.25) is 0 Å². The SMILES string of the molecule is CN(C)C(=O)N1CC(NCCCN)C1. The summed E-state index contributed by atoms with van der Waals surface area (Å²) in [6, 6.07) is 0.562. The Morgan fingerprint density at radius 2 is 2.21 bits per heavy atom. The molecule has 5 nitrogen and oxygen atoms in total. The molecule has 0 atom stereocenters. The van der Waals surface area contributed by atoms with Gasteiger partial charge in [0.25, 0.3) is 0 Å². The number of amides is 2. The lowest BCUT2D eigenvalue weighted by Gasteiger charge is -2.40. The van der Waals surface area contributed by atoms with E-state index in [-0.39, 0.29) is 6.03 Å². The van der Waals surface area contributed by atoms with Crippen LogP contribution in [0.3, 0.4) is 0 Å². The van der Waals surface area contributed by atoms with Gasteiger partial charge in [0.15, 0.2) is 0 Å². The van der Waals surface area contributed by atoms with Crippen molar-refractivity contribution >= 4 is 6.03 Å². The maximum absolute atomic E-state index is 11.4. The molecule has 0 unspecified atom stereocenters. The van der Waals surface area contributed by atoms with Crippen LogP contribution < -0.4 is 11.1 Å². The van der Waals surface area contributed by atoms with Crippen LogP contribution in [0.5, 0.6) is 0 Å². The molecular weight excluding hydrogens is 180 g/mol. The second kappa shape index (κ2) is 5.17. The Labute approximate surface area is 85.2 Å². The summed E-state index contributed by atoms with van der Waals surface area (Å²) in [5, 5.41) is 3.35. The molecule has 1 aliphatic heterocycles. The first-order valence-corrected chi connectivity index (χ1v) is 5.05. The fourth-order valence-electron chi connectivity index (χ4n) is 1.45. The maximum Gasteiger partial charge on any atom is 0.319 e. The number of nitrogens with one attached hydrogen (secondary N) is 1. The zero-order valence-corrected chi connectivity index (χ0v) is 8.99. The van der Waals surface area contributed by atoms with E-state index < -0.39 is 0 Å². The second-order valence-corrected chi connectivity index (χ2v) is 3.88. The Hall–Kier alpha value is -0.810. The van der Waals surface area contributed by atoms with Crippen LogP contribution in [0, 0.1) is 0 Å². The van der Waals surface area contributed by atoms with E-state index in [2.05, 4.69) is 5.32 Å². The average Bonchev–Trinajstić information content (AvgIpc) is 2.08. The Bertz CT molecular complexity index is 189. The molecule has 5 heteroatoms. The molecule has 0 aromatic carbocycles. The Kier molecular flexibility index (Phi) is 4.16. The minimum absolute atomic E-state index is 0.0990. The van der Waals surface area contributed by atoms with Gasteiger partial charge in [-0.2, -0.15) is 0 Å². The minimum Gasteiger partial charge on any atom is -0.331 e. The lowest BCUT2D eigenvalue weighted by Crippen LogP contribution is -2.61. The zero-order valence-electron chi connectivity index (χ0n) is 8.99. The van der Waals surface area contributed by atoms with E-state index in [1.165, 1.54) is 0 Å². The molecule has 0 aliphatic carbocycles. The van der Waals surface area contributed by atoms with E-state index in [4.69, 9.17) is 5.73 Å². The molecule has 2 amide bonds. The summed E-state index contributed by atoms with van der Waals surface area (Å²) in [6.07, 6.45) is 0.998. The normalized spacial score (nSPS) is 16.6. The molecule has 1 fully saturated rings. The molecule has 82 valence electrons. The number of nitrogens with zero attached hydrogens (tertiary/aromatic N) is 2. The topological polar surface area (TPSA) is 61.6 Å². The highest BCUT2D eigenvalue weighted by Gasteiger charge is 2.30. The molecule has 0 aromatic heterocycles. The molecule has 14 heavy (non-hydrogen) atoms. The molecule has 0 bridgehead atoms. The fraction of sp³-hybridized carbons (Fsp3) is 0.889. The maximum atomic E-state index is 11.4. The third kappa shape index (κ3) is 2.85. The van der Waals surface area contributed by atoms with Crippen molar-refractivity contribution in [1.29, 1.82) is 0 Å². The number of hydrogen-bond donors (Lipinski definition) is 2. The molecule has 1 aliphatic rings. The third-order valence-electron chi connectivity index (χ3n) is 2.35. The van der Waals surface area contributed by atoms with Crippen molar-refractivity contribution in [2.45, 2.75) is 12.5 Å². The van der Waals surface area contributed by atoms with E-state index in [9.17, 15) is 4.79 Å². The van der Waals surface area contributed by atoms with Crippen LogP contribution in [-0.4, -0.2) is 62.1 Å². The van der Waals surface area contributed by atoms with Gasteiger partial charge < -0.3 is 20.9 Å². The molecule has 1 heterocycles. The van der Waals surface area contributed by atoms with Crippen LogP contribution >= 0.6 is 0 Å². The van der Waals surface area contributed by atoms with Crippen LogP contribution in [0.4, 0.5) is 4.79 Å². The monoisotopic (exact) mass is 200 g/mol. The van der Waals surface area contributed by atoms with E-state index in [0.29, 0.717) is 6.04 Å². The minimum atomic E-state index is 0.0990. The van der Waals surface area contributed by atoms with Crippen LogP contribution in [0.1, 0.15) is 6.42 Å². The fourth-order valence-corrected chi connectivity index (χ4v) is 1.45. The quantitative estimate of drug-likeness (QED) is 0.589. The standard InChI is InChI=1S/C9H20N4O/c1-12(2)9(14)13-6-8(7-13)11-5-3-4-10/h8,11H,3-7,10H2,1-2H3. The average molecular weight is 200 g/mol. The number of carbonyl (C=O) groups excluding carboxylic acids is 1. The number of carbonyl (C=O) groups is 1. The van der Waals surface area contributed by atoms with Crippen molar-refractivity contribution in [2.75, 3.05) is 40.3 Å². The molecule has 1 rings (SSSR count). The highest BCUT2D eigenvalue weighted by Crippen LogP contribution is 2.09. The van der Waals surface area contributed by atoms with Crippen LogP contribution in [0.2, 0.25) is 0 Å². The van der Waals surface area contributed by atoms with Crippen molar-refractivity contribution in [1.82, 2.24) is 15.1 Å². The summed E-state index contributed by atoms with van der Waals surface area (Å²) in [6.45, 7) is 3.31. The number of urea groups is 1. The number of nitrogens with two attached hydrogens (primary N) is 1. The van der Waals surface area contributed by atoms with Crippen molar-refractivity contribution in [2.24, 2.45) is 5.73 Å². The number of likely N-dealkylation sites (tertiary alicyclic amines) is 1. The summed E-state index contributed by atoms with van der Waals surface area (Å²) >= 11 is 0. The predicted octanol–water partition coefficient (Wildman–Crippen LogP) is -0.709. The van der Waals surface area contributed by atoms with Crippen molar-refractivity contribution in [3.8, 4) is 0 Å². The summed E-state index contributed by atoms with van der Waals surface area (Å²) in [5.41, 5.74) is 5.38. The van der Waals surface area contributed by atoms with E-state index in [1.807, 2.05) is 4.90 Å². The largest absolute Gasteiger partial charge is 0.331 e. The van der Waals surface area contributed by atoms with Crippen molar-refractivity contribution < 1.29 is 4.79 Å². The van der Waals surface area contributed by atoms with Gasteiger partial charge in [0.05, 0.1) is 0 Å². The van der Waals surface area contributed by atoms with Gasteiger partial charge in [-0.3, -0.25) is 0 Å². The van der Waals surface area contributed by atoms with Crippen molar-refractivity contribution in [3.05, 3.63) is 0 Å². The molecule has 0 spiro atoms. The molecule has 3 N–H and O–H groups in total. The Morgan fingerprint density at radius 3 is 2.71 bits per heavy atom. The Morgan fingerprint density at radius 1 is 1.57 bits per heavy atom. The smallest absolute Gasteiger partial charge is 0.319 e. The summed E-state index contributed by atoms with van der Waals surface area (Å²) in [5.74, 6) is 0. The van der Waals surface area contributed by atoms with Crippen LogP contribution in [-0.2, 0) is 0 Å². The molecule has 0 aromatic rings. The lowest BCUT2D eigenvalue weighted by molar-refractivity contribution is 0.117. The van der Waals surface area contributed by atoms with Crippen LogP contribution in [0.25, 0.3) is 0 Å². The van der Waals surface area contributed by atoms with Crippen molar-refractivity contribution in [3.63, 3.8) is 0 Å². The van der Waals surface area contributed by atoms with E-state index in [1.54, 1.807) is 19.0 Å². The molecule has 0 saturated carbocycles. The number of hydrogen-bond acceptors (Lipinski definition) is 3. The summed E-state index contributed by atoms with van der Waals surface area (Å²) in [7, 11) is 3.55. The van der Waals surface area contributed by atoms with Gasteiger partial charge in [-0.1, -0.05) is 0 Å². The number of rotatable bonds is 4. The first-order valence-electron chi connectivity index (χ1n) is 5.05. The molecule has 1 saturated heterocycles. The van der Waals surface area contributed by atoms with E-state index >= 15 is 0 Å². The van der Waals surface area contributed by atoms with Gasteiger partial charge in [0, 0.05) is 33.2 Å². The lowest BCUT2D eigenvalue weighted by atomic mass is 10.1. The van der Waals surface area contributed by atoms with Gasteiger partial charge in [0.1, 0.15) is 0 Å². The van der Waals surface area contributed by atoms with Gasteiger partial charge >= 0.3 is 6.03 Å². The summed E-state index contributed by atoms with van der Waals surface area (Å²) in [4.78, 5) is 14.8. The van der Waals surface area contributed by atoms with Crippen LogP contribution in [0.15, 0.2) is 0 Å². The van der Waals surface area contributed by atoms with Gasteiger partial charge in [-0.05, 0) is 19.5 Å². The molecular formula is C9H20N4O. The second-order valence-electron chi connectivity index (χ2n) is 3.88. The summed E-state index contributed by atoms with van der Waals surface area (Å²) < 4.78 is 0. The zero-order chi connectivity index (χ0) is 10.6. The first kappa shape index (κ1) is 11.3. The van der Waals surface area contributed by atoms with Gasteiger partial charge in [-0.25, -0.2) is 4.79 Å². The molecule has 0 radical (unpaired) electrons. The predicted molar refractivity (Wildman–Crippen MR) is 56.1 cm³/mol. The highest BCUT2D eigenvalue weighted by molar-refractivity contribution is 5.74.